The van der Waals surface area contributed by atoms with E-state index in [-0.39, 0.29) is 17.9 Å². The molecule has 0 aliphatic heterocycles. The lowest BCUT2D eigenvalue weighted by Gasteiger charge is -2.08. The van der Waals surface area contributed by atoms with Gasteiger partial charge in [-0.15, -0.1) is 0 Å². The van der Waals surface area contributed by atoms with Gasteiger partial charge in [-0.3, -0.25) is 0 Å². The number of ether oxygens (including phenoxy) is 2. The Morgan fingerprint density at radius 2 is 1.82 bits per heavy atom. The van der Waals surface area contributed by atoms with Crippen molar-refractivity contribution in [3.05, 3.63) is 57.5 Å². The predicted molar refractivity (Wildman–Crippen MR) is 83.7 cm³/mol. The molecule has 0 spiro atoms. The van der Waals surface area contributed by atoms with Crippen LogP contribution in [0.4, 0.5) is 0 Å². The van der Waals surface area contributed by atoms with E-state index < -0.39 is 11.9 Å². The molecule has 1 N–H and O–H groups in total. The van der Waals surface area contributed by atoms with Crippen molar-refractivity contribution in [2.24, 2.45) is 0 Å². The standard InChI is InChI=1S/C15H10BrClO5/c16-12-7-9(15(19)20)1-6-13(12)22-14(18)8-21-11-4-2-10(17)3-5-11/h1-7H,8H2,(H,19,20). The van der Waals surface area contributed by atoms with E-state index >= 15 is 0 Å². The second-order valence-electron chi connectivity index (χ2n) is 4.17. The zero-order chi connectivity index (χ0) is 16.1. The number of carboxylic acid groups (broad SMARTS) is 1. The van der Waals surface area contributed by atoms with Gasteiger partial charge in [-0.2, -0.15) is 0 Å². The van der Waals surface area contributed by atoms with Crippen molar-refractivity contribution in [3.63, 3.8) is 0 Å². The molecular formula is C15H10BrClO5. The fourth-order valence-electron chi connectivity index (χ4n) is 1.54. The third kappa shape index (κ3) is 4.47. The molecule has 5 nitrogen and oxygen atoms in total. The van der Waals surface area contributed by atoms with Crippen LogP contribution in [0.5, 0.6) is 11.5 Å². The number of hydrogen-bond acceptors (Lipinski definition) is 4. The second-order valence-corrected chi connectivity index (χ2v) is 5.46. The maximum atomic E-state index is 11.7. The van der Waals surface area contributed by atoms with E-state index in [2.05, 4.69) is 15.9 Å². The number of carboxylic acids is 1. The van der Waals surface area contributed by atoms with E-state index in [0.717, 1.165) is 0 Å². The second kappa shape index (κ2) is 7.29. The molecule has 2 rings (SSSR count). The third-order valence-corrected chi connectivity index (χ3v) is 3.44. The highest BCUT2D eigenvalue weighted by atomic mass is 79.9. The Morgan fingerprint density at radius 3 is 2.41 bits per heavy atom. The predicted octanol–water partition coefficient (Wildman–Crippen LogP) is 3.79. The zero-order valence-corrected chi connectivity index (χ0v) is 13.4. The number of carbonyl (C=O) groups excluding carboxylic acids is 1. The first-order chi connectivity index (χ1) is 10.5. The Kier molecular flexibility index (Phi) is 5.41. The van der Waals surface area contributed by atoms with Crippen molar-refractivity contribution in [1.82, 2.24) is 0 Å². The Labute approximate surface area is 139 Å². The van der Waals surface area contributed by atoms with Crippen LogP contribution in [0.25, 0.3) is 0 Å². The van der Waals surface area contributed by atoms with Crippen LogP contribution in [0, 0.1) is 0 Å². The van der Waals surface area contributed by atoms with Gasteiger partial charge in [0.25, 0.3) is 0 Å². The topological polar surface area (TPSA) is 72.8 Å². The molecule has 2 aromatic rings. The summed E-state index contributed by atoms with van der Waals surface area (Å²) < 4.78 is 10.7. The number of benzene rings is 2. The highest BCUT2D eigenvalue weighted by molar-refractivity contribution is 9.10. The summed E-state index contributed by atoms with van der Waals surface area (Å²) in [4.78, 5) is 22.5. The summed E-state index contributed by atoms with van der Waals surface area (Å²) in [5.74, 6) is -0.972. The monoisotopic (exact) mass is 384 g/mol. The van der Waals surface area contributed by atoms with E-state index in [1.807, 2.05) is 0 Å². The number of hydrogen-bond donors (Lipinski definition) is 1. The van der Waals surface area contributed by atoms with Crippen LogP contribution >= 0.6 is 27.5 Å². The molecule has 0 atom stereocenters. The van der Waals surface area contributed by atoms with Crippen LogP contribution in [0.3, 0.4) is 0 Å². The van der Waals surface area contributed by atoms with Crippen LogP contribution in [0.1, 0.15) is 10.4 Å². The number of halogens is 2. The summed E-state index contributed by atoms with van der Waals surface area (Å²) >= 11 is 8.89. The van der Waals surface area contributed by atoms with E-state index in [4.69, 9.17) is 26.2 Å². The summed E-state index contributed by atoms with van der Waals surface area (Å²) in [5, 5.41) is 9.42. The summed E-state index contributed by atoms with van der Waals surface area (Å²) in [7, 11) is 0. The van der Waals surface area contributed by atoms with Crippen LogP contribution in [-0.4, -0.2) is 23.7 Å². The molecule has 0 saturated carbocycles. The van der Waals surface area contributed by atoms with Gasteiger partial charge in [0.2, 0.25) is 0 Å². The molecule has 0 aromatic heterocycles. The van der Waals surface area contributed by atoms with Gasteiger partial charge in [0.1, 0.15) is 11.5 Å². The molecule has 0 radical (unpaired) electrons. The Bertz CT molecular complexity index is 700. The molecule has 0 unspecified atom stereocenters. The van der Waals surface area contributed by atoms with Gasteiger partial charge < -0.3 is 14.6 Å². The first kappa shape index (κ1) is 16.3. The van der Waals surface area contributed by atoms with E-state index in [0.29, 0.717) is 15.2 Å². The lowest BCUT2D eigenvalue weighted by molar-refractivity contribution is -0.136. The van der Waals surface area contributed by atoms with E-state index in [1.165, 1.54) is 18.2 Å². The Morgan fingerprint density at radius 1 is 1.14 bits per heavy atom. The van der Waals surface area contributed by atoms with E-state index in [9.17, 15) is 9.59 Å². The molecule has 0 aliphatic rings. The van der Waals surface area contributed by atoms with Crippen molar-refractivity contribution >= 4 is 39.5 Å². The largest absolute Gasteiger partial charge is 0.482 e. The van der Waals surface area contributed by atoms with Crippen LogP contribution < -0.4 is 9.47 Å². The number of carbonyl (C=O) groups is 2. The van der Waals surface area contributed by atoms with Gasteiger partial charge in [0, 0.05) is 5.02 Å². The van der Waals surface area contributed by atoms with Crippen molar-refractivity contribution in [3.8, 4) is 11.5 Å². The molecule has 0 bridgehead atoms. The van der Waals surface area contributed by atoms with Crippen LogP contribution in [-0.2, 0) is 4.79 Å². The fraction of sp³-hybridized carbons (Fsp3) is 0.0667. The molecule has 0 aliphatic carbocycles. The lowest BCUT2D eigenvalue weighted by atomic mass is 10.2. The maximum Gasteiger partial charge on any atom is 0.349 e. The van der Waals surface area contributed by atoms with Gasteiger partial charge in [0.05, 0.1) is 10.0 Å². The molecule has 2 aromatic carbocycles. The van der Waals surface area contributed by atoms with E-state index in [1.54, 1.807) is 24.3 Å². The van der Waals surface area contributed by atoms with Gasteiger partial charge in [-0.25, -0.2) is 9.59 Å². The van der Waals surface area contributed by atoms with Crippen molar-refractivity contribution in [2.45, 2.75) is 0 Å². The van der Waals surface area contributed by atoms with Crippen molar-refractivity contribution in [2.75, 3.05) is 6.61 Å². The number of rotatable bonds is 5. The minimum absolute atomic E-state index is 0.0871. The SMILES string of the molecule is O=C(COc1ccc(Cl)cc1)Oc1ccc(C(=O)O)cc1Br. The quantitative estimate of drug-likeness (QED) is 0.626. The molecule has 0 amide bonds. The molecule has 7 heteroatoms. The van der Waals surface area contributed by atoms with Crippen molar-refractivity contribution in [1.29, 1.82) is 0 Å². The van der Waals surface area contributed by atoms with Crippen LogP contribution in [0.2, 0.25) is 5.02 Å². The lowest BCUT2D eigenvalue weighted by Crippen LogP contribution is -2.18. The summed E-state index contributed by atoms with van der Waals surface area (Å²) in [6.45, 7) is -0.283. The van der Waals surface area contributed by atoms with Crippen molar-refractivity contribution < 1.29 is 24.2 Å². The van der Waals surface area contributed by atoms with Gasteiger partial charge in [-0.05, 0) is 58.4 Å². The van der Waals surface area contributed by atoms with Gasteiger partial charge >= 0.3 is 11.9 Å². The highest BCUT2D eigenvalue weighted by Crippen LogP contribution is 2.26. The number of aromatic carboxylic acids is 1. The molecule has 22 heavy (non-hydrogen) atoms. The minimum atomic E-state index is -1.07. The third-order valence-electron chi connectivity index (χ3n) is 2.57. The summed E-state index contributed by atoms with van der Waals surface area (Å²) in [5.41, 5.74) is 0.0871. The fourth-order valence-corrected chi connectivity index (χ4v) is 2.13. The molecular weight excluding hydrogens is 376 g/mol. The first-order valence-electron chi connectivity index (χ1n) is 6.07. The maximum absolute atomic E-state index is 11.7. The summed E-state index contributed by atoms with van der Waals surface area (Å²) in [6.07, 6.45) is 0. The molecule has 0 saturated heterocycles. The highest BCUT2D eigenvalue weighted by Gasteiger charge is 2.12. The first-order valence-corrected chi connectivity index (χ1v) is 7.24. The normalized spacial score (nSPS) is 10.1. The number of esters is 1. The molecule has 0 heterocycles. The Hall–Kier alpha value is -2.05. The zero-order valence-electron chi connectivity index (χ0n) is 11.1. The molecule has 114 valence electrons. The smallest absolute Gasteiger partial charge is 0.349 e. The average molecular weight is 386 g/mol. The minimum Gasteiger partial charge on any atom is -0.482 e. The molecule has 0 fully saturated rings. The summed E-state index contributed by atoms with van der Waals surface area (Å²) in [6, 6.07) is 10.6. The average Bonchev–Trinajstić information content (AvgIpc) is 2.48. The van der Waals surface area contributed by atoms with Gasteiger partial charge in [-0.1, -0.05) is 11.6 Å². The van der Waals surface area contributed by atoms with Gasteiger partial charge in [0.15, 0.2) is 6.61 Å². The van der Waals surface area contributed by atoms with Crippen LogP contribution in [0.15, 0.2) is 46.9 Å². The Balaban J connectivity index is 1.94.